The molecule has 1 atom stereocenters. The van der Waals surface area contributed by atoms with Gasteiger partial charge in [0.2, 0.25) is 0 Å². The van der Waals surface area contributed by atoms with Crippen molar-refractivity contribution in [3.05, 3.63) is 11.6 Å². The van der Waals surface area contributed by atoms with Crippen molar-refractivity contribution in [1.82, 2.24) is 10.3 Å². The minimum absolute atomic E-state index is 0.221. The Morgan fingerprint density at radius 1 is 1.75 bits per heavy atom. The largest absolute Gasteiger partial charge is 0.465 e. The smallest absolute Gasteiger partial charge is 0.326 e. The Labute approximate surface area is 104 Å². The fourth-order valence-electron chi connectivity index (χ4n) is 1.01. The van der Waals surface area contributed by atoms with E-state index in [-0.39, 0.29) is 5.97 Å². The van der Waals surface area contributed by atoms with Gasteiger partial charge in [-0.2, -0.15) is 0 Å². The Morgan fingerprint density at radius 2 is 2.50 bits per heavy atom. The molecule has 0 saturated heterocycles. The maximum absolute atomic E-state index is 11.7. The first kappa shape index (κ1) is 13.5. The van der Waals surface area contributed by atoms with E-state index in [9.17, 15) is 4.79 Å². The van der Waals surface area contributed by atoms with Gasteiger partial charge in [-0.05, 0) is 20.9 Å². The third-order valence-electron chi connectivity index (χ3n) is 2.17. The quantitative estimate of drug-likeness (QED) is 0.624. The molecule has 16 heavy (non-hydrogen) atoms. The Hall–Kier alpha value is -0.590. The second-order valence-electron chi connectivity index (χ2n) is 3.39. The molecule has 0 aromatic carbocycles. The van der Waals surface area contributed by atoms with Crippen LogP contribution in [-0.4, -0.2) is 35.9 Å². The molecule has 6 heteroatoms. The van der Waals surface area contributed by atoms with Gasteiger partial charge in [-0.25, -0.2) is 4.98 Å². The van der Waals surface area contributed by atoms with Crippen molar-refractivity contribution in [3.63, 3.8) is 0 Å². The zero-order valence-electron chi connectivity index (χ0n) is 9.65. The van der Waals surface area contributed by atoms with Crippen LogP contribution in [0.4, 0.5) is 0 Å². The van der Waals surface area contributed by atoms with Crippen molar-refractivity contribution in [2.24, 2.45) is 0 Å². The van der Waals surface area contributed by atoms with E-state index < -0.39 is 5.54 Å². The molecule has 0 bridgehead atoms. The molecular weight excluding hydrogens is 244 g/mol. The van der Waals surface area contributed by atoms with Crippen LogP contribution in [0.2, 0.25) is 0 Å². The van der Waals surface area contributed by atoms with Gasteiger partial charge >= 0.3 is 5.97 Å². The van der Waals surface area contributed by atoms with E-state index in [1.165, 1.54) is 0 Å². The van der Waals surface area contributed by atoms with E-state index in [1.54, 1.807) is 36.3 Å². The van der Waals surface area contributed by atoms with Gasteiger partial charge in [0.05, 0.1) is 6.61 Å². The minimum Gasteiger partial charge on any atom is -0.465 e. The van der Waals surface area contributed by atoms with E-state index in [1.807, 2.05) is 19.2 Å². The average molecular weight is 260 g/mol. The first-order valence-corrected chi connectivity index (χ1v) is 6.87. The van der Waals surface area contributed by atoms with E-state index >= 15 is 0 Å². The summed E-state index contributed by atoms with van der Waals surface area (Å²) in [5, 5.41) is 4.93. The lowest BCUT2D eigenvalue weighted by molar-refractivity contribution is -0.149. The van der Waals surface area contributed by atoms with Gasteiger partial charge in [0, 0.05) is 17.3 Å². The highest BCUT2D eigenvalue weighted by atomic mass is 32.2. The van der Waals surface area contributed by atoms with E-state index in [2.05, 4.69) is 10.3 Å². The monoisotopic (exact) mass is 260 g/mol. The highest BCUT2D eigenvalue weighted by molar-refractivity contribution is 8.01. The molecule has 1 aromatic rings. The molecule has 0 aliphatic carbocycles. The number of thioether (sulfide) groups is 1. The van der Waals surface area contributed by atoms with Crippen LogP contribution in [0.15, 0.2) is 15.9 Å². The van der Waals surface area contributed by atoms with E-state index in [4.69, 9.17) is 4.74 Å². The standard InChI is InChI=1S/C10H16N2O2S2/c1-4-14-8(13)10(2,11-3)7-16-9-12-5-6-15-9/h5-6,11H,4,7H2,1-3H3. The summed E-state index contributed by atoms with van der Waals surface area (Å²) in [5.74, 6) is 0.386. The lowest BCUT2D eigenvalue weighted by atomic mass is 10.1. The Bertz CT molecular complexity index is 330. The number of rotatable bonds is 6. The number of hydrogen-bond acceptors (Lipinski definition) is 6. The van der Waals surface area contributed by atoms with E-state index in [0.29, 0.717) is 12.4 Å². The second-order valence-corrected chi connectivity index (χ2v) is 5.51. The summed E-state index contributed by atoms with van der Waals surface area (Å²) in [7, 11) is 1.76. The van der Waals surface area contributed by atoms with Crippen molar-refractivity contribution < 1.29 is 9.53 Å². The minimum atomic E-state index is -0.660. The van der Waals surface area contributed by atoms with Gasteiger partial charge in [-0.15, -0.1) is 11.3 Å². The molecular formula is C10H16N2O2S2. The van der Waals surface area contributed by atoms with Crippen LogP contribution in [-0.2, 0) is 9.53 Å². The van der Waals surface area contributed by atoms with Crippen molar-refractivity contribution in [2.45, 2.75) is 23.7 Å². The molecule has 0 aliphatic heterocycles. The molecule has 1 unspecified atom stereocenters. The van der Waals surface area contributed by atoms with Crippen LogP contribution in [0, 0.1) is 0 Å². The summed E-state index contributed by atoms with van der Waals surface area (Å²) < 4.78 is 6.00. The lowest BCUT2D eigenvalue weighted by Gasteiger charge is -2.25. The van der Waals surface area contributed by atoms with Crippen LogP contribution in [0.25, 0.3) is 0 Å². The Balaban J connectivity index is 2.56. The topological polar surface area (TPSA) is 51.2 Å². The molecule has 1 N–H and O–H groups in total. The normalized spacial score (nSPS) is 14.4. The molecule has 0 saturated carbocycles. The van der Waals surface area contributed by atoms with Crippen LogP contribution in [0.1, 0.15) is 13.8 Å². The van der Waals surface area contributed by atoms with Crippen molar-refractivity contribution in [2.75, 3.05) is 19.4 Å². The molecule has 1 heterocycles. The summed E-state index contributed by atoms with van der Waals surface area (Å²) >= 11 is 3.13. The zero-order chi connectivity index (χ0) is 12.0. The highest BCUT2D eigenvalue weighted by Gasteiger charge is 2.33. The summed E-state index contributed by atoms with van der Waals surface area (Å²) in [5.41, 5.74) is -0.660. The molecule has 0 aliphatic rings. The predicted molar refractivity (Wildman–Crippen MR) is 66.9 cm³/mol. The van der Waals surface area contributed by atoms with Crippen molar-refractivity contribution in [3.8, 4) is 0 Å². The first-order chi connectivity index (χ1) is 7.62. The maximum atomic E-state index is 11.7. The summed E-state index contributed by atoms with van der Waals surface area (Å²) in [6.07, 6.45) is 1.76. The van der Waals surface area contributed by atoms with Gasteiger partial charge in [-0.1, -0.05) is 11.8 Å². The van der Waals surface area contributed by atoms with Crippen LogP contribution >= 0.6 is 23.1 Å². The van der Waals surface area contributed by atoms with Gasteiger partial charge < -0.3 is 10.1 Å². The summed E-state index contributed by atoms with van der Waals surface area (Å²) in [6, 6.07) is 0. The van der Waals surface area contributed by atoms with Gasteiger partial charge in [0.1, 0.15) is 9.88 Å². The Kier molecular flexibility index (Phi) is 5.24. The number of likely N-dealkylation sites (N-methyl/N-ethyl adjacent to an activating group) is 1. The number of carbonyl (C=O) groups is 1. The van der Waals surface area contributed by atoms with Gasteiger partial charge in [0.15, 0.2) is 0 Å². The number of hydrogen-bond donors (Lipinski definition) is 1. The molecule has 0 amide bonds. The number of nitrogens with one attached hydrogen (secondary N) is 1. The number of nitrogens with zero attached hydrogens (tertiary/aromatic N) is 1. The third-order valence-corrected chi connectivity index (χ3v) is 4.45. The highest BCUT2D eigenvalue weighted by Crippen LogP contribution is 2.24. The molecule has 0 radical (unpaired) electrons. The molecule has 4 nitrogen and oxygen atoms in total. The predicted octanol–water partition coefficient (Wildman–Crippen LogP) is 1.78. The van der Waals surface area contributed by atoms with Crippen LogP contribution in [0.3, 0.4) is 0 Å². The fourth-order valence-corrected chi connectivity index (χ4v) is 2.80. The maximum Gasteiger partial charge on any atom is 0.326 e. The second kappa shape index (κ2) is 6.22. The number of esters is 1. The lowest BCUT2D eigenvalue weighted by Crippen LogP contribution is -2.50. The summed E-state index contributed by atoms with van der Waals surface area (Å²) in [4.78, 5) is 15.9. The fraction of sp³-hybridized carbons (Fsp3) is 0.600. The number of ether oxygens (including phenoxy) is 1. The zero-order valence-corrected chi connectivity index (χ0v) is 11.3. The molecule has 1 aromatic heterocycles. The summed E-state index contributed by atoms with van der Waals surface area (Å²) in [6.45, 7) is 4.05. The molecule has 1 rings (SSSR count). The average Bonchev–Trinajstić information content (AvgIpc) is 2.79. The van der Waals surface area contributed by atoms with Gasteiger partial charge in [0.25, 0.3) is 0 Å². The van der Waals surface area contributed by atoms with Crippen molar-refractivity contribution in [1.29, 1.82) is 0 Å². The van der Waals surface area contributed by atoms with Crippen LogP contribution in [0.5, 0.6) is 0 Å². The van der Waals surface area contributed by atoms with Crippen LogP contribution < -0.4 is 5.32 Å². The molecule has 0 fully saturated rings. The van der Waals surface area contributed by atoms with Crippen molar-refractivity contribution >= 4 is 29.1 Å². The number of thiazole rings is 1. The molecule has 0 spiro atoms. The number of aromatic nitrogens is 1. The Morgan fingerprint density at radius 3 is 3.00 bits per heavy atom. The van der Waals surface area contributed by atoms with E-state index in [0.717, 1.165) is 4.34 Å². The van der Waals surface area contributed by atoms with Gasteiger partial charge in [-0.3, -0.25) is 4.79 Å². The third kappa shape index (κ3) is 3.47. The SMILES string of the molecule is CCOC(=O)C(C)(CSc1nccs1)NC. The molecule has 90 valence electrons. The number of carbonyl (C=O) groups excluding carboxylic acids is 1. The first-order valence-electron chi connectivity index (χ1n) is 5.01.